The minimum absolute atomic E-state index is 0.269. The molecule has 0 bridgehead atoms. The molecular formula is C19H17ClFN3O3S. The molecule has 2 N–H and O–H groups in total. The van der Waals surface area contributed by atoms with Crippen LogP contribution in [0.25, 0.3) is 5.69 Å². The number of hydrogen-bond acceptors (Lipinski definition) is 3. The number of nitrogens with one attached hydrogen (secondary N) is 2. The number of rotatable bonds is 5. The number of halogens is 2. The number of para-hydroxylation sites is 1. The first-order valence-corrected chi connectivity index (χ1v) is 10.1. The molecule has 0 spiro atoms. The fourth-order valence-corrected chi connectivity index (χ4v) is 3.96. The van der Waals surface area contributed by atoms with Crippen LogP contribution >= 0.6 is 11.6 Å². The van der Waals surface area contributed by atoms with Crippen LogP contribution in [0.4, 0.5) is 4.39 Å². The van der Waals surface area contributed by atoms with Crippen LogP contribution in [0.5, 0.6) is 0 Å². The summed E-state index contributed by atoms with van der Waals surface area (Å²) in [5.41, 5.74) is 4.86. The van der Waals surface area contributed by atoms with Gasteiger partial charge in [0.2, 0.25) is 0 Å². The summed E-state index contributed by atoms with van der Waals surface area (Å²) >= 11 is 5.62. The van der Waals surface area contributed by atoms with Gasteiger partial charge in [-0.1, -0.05) is 29.8 Å². The monoisotopic (exact) mass is 421 g/mol. The quantitative estimate of drug-likeness (QED) is 0.618. The zero-order chi connectivity index (χ0) is 20.5. The zero-order valence-corrected chi connectivity index (χ0v) is 16.6. The SMILES string of the molecule is Cc1cc(C(=O)NNS(=O)(=O)c2ccc(F)c(Cl)c2)c(C)n1-c1ccccc1. The molecule has 1 heterocycles. The lowest BCUT2D eigenvalue weighted by atomic mass is 10.2. The molecule has 3 aromatic rings. The smallest absolute Gasteiger partial charge is 0.268 e. The average Bonchev–Trinajstić information content (AvgIpc) is 2.97. The van der Waals surface area contributed by atoms with E-state index in [0.29, 0.717) is 11.3 Å². The van der Waals surface area contributed by atoms with Gasteiger partial charge in [0, 0.05) is 17.1 Å². The molecule has 0 unspecified atom stereocenters. The predicted molar refractivity (Wildman–Crippen MR) is 104 cm³/mol. The van der Waals surface area contributed by atoms with Gasteiger partial charge in [-0.15, -0.1) is 4.83 Å². The van der Waals surface area contributed by atoms with Gasteiger partial charge in [-0.05, 0) is 50.2 Å². The molecule has 0 atom stereocenters. The van der Waals surface area contributed by atoms with Crippen molar-refractivity contribution in [2.75, 3.05) is 0 Å². The summed E-state index contributed by atoms with van der Waals surface area (Å²) in [6.45, 7) is 3.62. The summed E-state index contributed by atoms with van der Waals surface area (Å²) in [6, 6.07) is 14.1. The standard InChI is InChI=1S/C19H17ClFN3O3S/c1-12-10-16(13(2)24(12)14-6-4-3-5-7-14)19(25)22-23-28(26,27)15-8-9-18(21)17(20)11-15/h3-11,23H,1-2H3,(H,22,25). The van der Waals surface area contributed by atoms with Crippen LogP contribution in [0.2, 0.25) is 5.02 Å². The molecule has 0 aliphatic carbocycles. The maximum atomic E-state index is 13.2. The number of benzene rings is 2. The average molecular weight is 422 g/mol. The third kappa shape index (κ3) is 3.94. The van der Waals surface area contributed by atoms with Crippen LogP contribution in [0, 0.1) is 19.7 Å². The number of aromatic nitrogens is 1. The fourth-order valence-electron chi connectivity index (χ4n) is 2.85. The maximum absolute atomic E-state index is 13.2. The third-order valence-corrected chi connectivity index (χ3v) is 5.73. The van der Waals surface area contributed by atoms with Gasteiger partial charge < -0.3 is 4.57 Å². The number of hydrazine groups is 1. The lowest BCUT2D eigenvalue weighted by molar-refractivity contribution is 0.0944. The van der Waals surface area contributed by atoms with Gasteiger partial charge in [-0.25, -0.2) is 12.8 Å². The first kappa shape index (κ1) is 20.1. The van der Waals surface area contributed by atoms with Gasteiger partial charge in [0.1, 0.15) is 5.82 Å². The number of aryl methyl sites for hydroxylation is 1. The van der Waals surface area contributed by atoms with Gasteiger partial charge in [-0.2, -0.15) is 0 Å². The van der Waals surface area contributed by atoms with E-state index in [1.807, 2.05) is 46.7 Å². The van der Waals surface area contributed by atoms with Crippen molar-refractivity contribution in [2.45, 2.75) is 18.7 Å². The Labute approximate surface area is 167 Å². The highest BCUT2D eigenvalue weighted by Crippen LogP contribution is 2.21. The topological polar surface area (TPSA) is 80.2 Å². The number of nitrogens with zero attached hydrogens (tertiary/aromatic N) is 1. The molecule has 1 amide bonds. The fraction of sp³-hybridized carbons (Fsp3) is 0.105. The summed E-state index contributed by atoms with van der Waals surface area (Å²) in [5, 5.41) is -0.333. The second-order valence-corrected chi connectivity index (χ2v) is 8.18. The first-order chi connectivity index (χ1) is 13.2. The summed E-state index contributed by atoms with van der Waals surface area (Å²) in [7, 11) is -4.11. The minimum atomic E-state index is -4.11. The first-order valence-electron chi connectivity index (χ1n) is 8.22. The van der Waals surface area contributed by atoms with E-state index in [4.69, 9.17) is 11.6 Å². The van der Waals surface area contributed by atoms with Crippen molar-refractivity contribution in [2.24, 2.45) is 0 Å². The molecule has 2 aromatic carbocycles. The molecule has 28 heavy (non-hydrogen) atoms. The Morgan fingerprint density at radius 1 is 1.07 bits per heavy atom. The van der Waals surface area contributed by atoms with E-state index < -0.39 is 21.7 Å². The molecule has 0 saturated heterocycles. The Morgan fingerprint density at radius 3 is 2.39 bits per heavy atom. The van der Waals surface area contributed by atoms with Gasteiger partial charge in [0.05, 0.1) is 15.5 Å². The van der Waals surface area contributed by atoms with E-state index in [0.717, 1.165) is 29.6 Å². The molecule has 0 radical (unpaired) electrons. The maximum Gasteiger partial charge on any atom is 0.268 e. The second kappa shape index (κ2) is 7.75. The molecule has 1 aromatic heterocycles. The molecule has 3 rings (SSSR count). The summed E-state index contributed by atoms with van der Waals surface area (Å²) in [6.07, 6.45) is 0. The minimum Gasteiger partial charge on any atom is -0.318 e. The van der Waals surface area contributed by atoms with E-state index >= 15 is 0 Å². The van der Waals surface area contributed by atoms with E-state index in [9.17, 15) is 17.6 Å². The number of amides is 1. The Bertz CT molecular complexity index is 1140. The molecule has 0 aliphatic rings. The Balaban J connectivity index is 1.81. The Kier molecular flexibility index (Phi) is 5.55. The highest BCUT2D eigenvalue weighted by molar-refractivity contribution is 7.89. The molecular weight excluding hydrogens is 405 g/mol. The predicted octanol–water partition coefficient (Wildman–Crippen LogP) is 3.51. The molecule has 0 saturated carbocycles. The van der Waals surface area contributed by atoms with Crippen molar-refractivity contribution < 1.29 is 17.6 Å². The summed E-state index contributed by atoms with van der Waals surface area (Å²) in [4.78, 5) is 14.3. The Hall–Kier alpha value is -2.68. The van der Waals surface area contributed by atoms with Crippen molar-refractivity contribution in [3.8, 4) is 5.69 Å². The van der Waals surface area contributed by atoms with Crippen molar-refractivity contribution in [1.29, 1.82) is 0 Å². The number of sulfonamides is 1. The van der Waals surface area contributed by atoms with Crippen LogP contribution in [0.3, 0.4) is 0 Å². The summed E-state index contributed by atoms with van der Waals surface area (Å²) < 4.78 is 39.7. The van der Waals surface area contributed by atoms with E-state index in [1.165, 1.54) is 0 Å². The van der Waals surface area contributed by atoms with E-state index in [-0.39, 0.29) is 9.92 Å². The van der Waals surface area contributed by atoms with Gasteiger partial charge in [0.15, 0.2) is 0 Å². The summed E-state index contributed by atoms with van der Waals surface area (Å²) in [5.74, 6) is -1.36. The Morgan fingerprint density at radius 2 is 1.75 bits per heavy atom. The van der Waals surface area contributed by atoms with Crippen LogP contribution in [-0.4, -0.2) is 18.9 Å². The highest BCUT2D eigenvalue weighted by atomic mass is 35.5. The van der Waals surface area contributed by atoms with Gasteiger partial charge in [0.25, 0.3) is 15.9 Å². The third-order valence-electron chi connectivity index (χ3n) is 4.19. The van der Waals surface area contributed by atoms with Crippen LogP contribution in [0.15, 0.2) is 59.5 Å². The molecule has 0 aliphatic heterocycles. The van der Waals surface area contributed by atoms with Crippen molar-refractivity contribution in [3.63, 3.8) is 0 Å². The lowest BCUT2D eigenvalue weighted by Gasteiger charge is -2.11. The molecule has 146 valence electrons. The molecule has 0 fully saturated rings. The number of carbonyl (C=O) groups is 1. The van der Waals surface area contributed by atoms with Gasteiger partial charge >= 0.3 is 0 Å². The number of carbonyl (C=O) groups excluding carboxylic acids is 1. The molecule has 6 nitrogen and oxygen atoms in total. The zero-order valence-electron chi connectivity index (χ0n) is 15.0. The van der Waals surface area contributed by atoms with Crippen molar-refractivity contribution in [1.82, 2.24) is 14.8 Å². The van der Waals surface area contributed by atoms with Crippen molar-refractivity contribution in [3.05, 3.63) is 82.4 Å². The normalized spacial score (nSPS) is 11.4. The van der Waals surface area contributed by atoms with E-state index in [2.05, 4.69) is 5.43 Å². The van der Waals surface area contributed by atoms with Crippen LogP contribution in [-0.2, 0) is 10.0 Å². The number of hydrogen-bond donors (Lipinski definition) is 2. The van der Waals surface area contributed by atoms with Crippen LogP contribution < -0.4 is 10.3 Å². The largest absolute Gasteiger partial charge is 0.318 e. The lowest BCUT2D eigenvalue weighted by Crippen LogP contribution is -2.41. The second-order valence-electron chi connectivity index (χ2n) is 6.09. The highest BCUT2D eigenvalue weighted by Gasteiger charge is 2.20. The van der Waals surface area contributed by atoms with Crippen LogP contribution in [0.1, 0.15) is 21.7 Å². The van der Waals surface area contributed by atoms with E-state index in [1.54, 1.807) is 13.0 Å². The molecule has 9 heteroatoms. The van der Waals surface area contributed by atoms with Crippen molar-refractivity contribution >= 4 is 27.5 Å². The van der Waals surface area contributed by atoms with Gasteiger partial charge in [-0.3, -0.25) is 10.2 Å².